The summed E-state index contributed by atoms with van der Waals surface area (Å²) in [5.41, 5.74) is 1.18. The van der Waals surface area contributed by atoms with Crippen LogP contribution in [0.15, 0.2) is 18.5 Å². The van der Waals surface area contributed by atoms with Crippen LogP contribution in [0.3, 0.4) is 0 Å². The van der Waals surface area contributed by atoms with Gasteiger partial charge in [0.25, 0.3) is 5.91 Å². The summed E-state index contributed by atoms with van der Waals surface area (Å²) in [4.78, 5) is 18.3. The van der Waals surface area contributed by atoms with Crippen LogP contribution in [0.25, 0.3) is 0 Å². The molecule has 1 unspecified atom stereocenters. The molecule has 0 spiro atoms. The summed E-state index contributed by atoms with van der Waals surface area (Å²) in [6.07, 6.45) is 5.60. The Bertz CT molecular complexity index is 503. The Kier molecular flexibility index (Phi) is 6.75. The number of carbonyl (C=O) groups excluding carboxylic acids is 1. The molecule has 0 aromatic carbocycles. The lowest BCUT2D eigenvalue weighted by atomic mass is 10.1. The average Bonchev–Trinajstić information content (AvgIpc) is 2.47. The van der Waals surface area contributed by atoms with Crippen molar-refractivity contribution in [3.8, 4) is 11.8 Å². The monoisotopic (exact) mass is 274 g/mol. The van der Waals surface area contributed by atoms with Crippen molar-refractivity contribution in [3.63, 3.8) is 0 Å². The molecule has 0 aliphatic rings. The minimum Gasteiger partial charge on any atom is -0.395 e. The molecule has 1 heterocycles. The van der Waals surface area contributed by atoms with Gasteiger partial charge in [0.1, 0.15) is 0 Å². The van der Waals surface area contributed by atoms with Crippen molar-refractivity contribution in [1.82, 2.24) is 9.88 Å². The Morgan fingerprint density at radius 2 is 2.30 bits per heavy atom. The number of aliphatic hydroxyl groups excluding tert-OH is 1. The van der Waals surface area contributed by atoms with Gasteiger partial charge in [-0.15, -0.1) is 0 Å². The maximum absolute atomic E-state index is 12.5. The van der Waals surface area contributed by atoms with E-state index in [1.165, 1.54) is 0 Å². The molecule has 1 aromatic rings. The third-order valence-corrected chi connectivity index (χ3v) is 3.20. The molecule has 0 fully saturated rings. The summed E-state index contributed by atoms with van der Waals surface area (Å²) < 4.78 is 0. The second kappa shape index (κ2) is 8.34. The number of pyridine rings is 1. The Labute approximate surface area is 120 Å². The molecule has 1 atom stereocenters. The third kappa shape index (κ3) is 4.36. The first kappa shape index (κ1) is 16.2. The fraction of sp³-hybridized carbons (Fsp3) is 0.500. The summed E-state index contributed by atoms with van der Waals surface area (Å²) in [5.74, 6) is 5.69. The fourth-order valence-electron chi connectivity index (χ4n) is 1.90. The molecule has 0 saturated carbocycles. The van der Waals surface area contributed by atoms with Crippen LogP contribution >= 0.6 is 0 Å². The number of aromatic nitrogens is 1. The summed E-state index contributed by atoms with van der Waals surface area (Å²) in [6.45, 7) is 4.16. The molecule has 4 nitrogen and oxygen atoms in total. The number of hydrogen-bond donors (Lipinski definition) is 1. The van der Waals surface area contributed by atoms with E-state index in [2.05, 4.69) is 23.7 Å². The van der Waals surface area contributed by atoms with Crippen molar-refractivity contribution in [2.24, 2.45) is 0 Å². The van der Waals surface area contributed by atoms with Crippen molar-refractivity contribution in [1.29, 1.82) is 0 Å². The molecule has 0 radical (unpaired) electrons. The van der Waals surface area contributed by atoms with Gasteiger partial charge < -0.3 is 10.0 Å². The van der Waals surface area contributed by atoms with Gasteiger partial charge in [0.2, 0.25) is 0 Å². The lowest BCUT2D eigenvalue weighted by Gasteiger charge is -2.25. The molecule has 0 saturated heterocycles. The van der Waals surface area contributed by atoms with Gasteiger partial charge in [-0.3, -0.25) is 9.78 Å². The summed E-state index contributed by atoms with van der Waals surface area (Å²) in [6, 6.07) is 1.89. The Morgan fingerprint density at radius 3 is 2.95 bits per heavy atom. The number of carbonyl (C=O) groups is 1. The van der Waals surface area contributed by atoms with E-state index in [4.69, 9.17) is 5.11 Å². The van der Waals surface area contributed by atoms with Crippen molar-refractivity contribution >= 4 is 5.91 Å². The van der Waals surface area contributed by atoms with Crippen LogP contribution in [-0.4, -0.2) is 40.6 Å². The van der Waals surface area contributed by atoms with Gasteiger partial charge in [-0.1, -0.05) is 25.2 Å². The van der Waals surface area contributed by atoms with Gasteiger partial charge in [0, 0.05) is 31.9 Å². The van der Waals surface area contributed by atoms with E-state index in [0.717, 1.165) is 12.8 Å². The predicted octanol–water partition coefficient (Wildman–Crippen LogP) is 2.08. The molecule has 4 heteroatoms. The van der Waals surface area contributed by atoms with Gasteiger partial charge in [0.15, 0.2) is 0 Å². The fourth-order valence-corrected chi connectivity index (χ4v) is 1.90. The number of aliphatic hydroxyl groups is 1. The minimum absolute atomic E-state index is 0.0178. The van der Waals surface area contributed by atoms with E-state index >= 15 is 0 Å². The zero-order valence-electron chi connectivity index (χ0n) is 12.4. The average molecular weight is 274 g/mol. The molecule has 0 aliphatic heterocycles. The highest BCUT2D eigenvalue weighted by molar-refractivity contribution is 5.96. The molecule has 20 heavy (non-hydrogen) atoms. The van der Waals surface area contributed by atoms with Gasteiger partial charge in [-0.05, 0) is 19.4 Å². The summed E-state index contributed by atoms with van der Waals surface area (Å²) >= 11 is 0. The molecule has 0 bridgehead atoms. The minimum atomic E-state index is -0.0401. The zero-order chi connectivity index (χ0) is 15.0. The van der Waals surface area contributed by atoms with Gasteiger partial charge in [-0.2, -0.15) is 0 Å². The number of rotatable bonds is 5. The maximum Gasteiger partial charge on any atom is 0.255 e. The predicted molar refractivity (Wildman–Crippen MR) is 79.3 cm³/mol. The van der Waals surface area contributed by atoms with Crippen molar-refractivity contribution in [3.05, 3.63) is 29.6 Å². The molecule has 1 N–H and O–H groups in total. The van der Waals surface area contributed by atoms with Crippen LogP contribution in [0.4, 0.5) is 0 Å². The van der Waals surface area contributed by atoms with E-state index < -0.39 is 0 Å². The highest BCUT2D eigenvalue weighted by Gasteiger charge is 2.19. The van der Waals surface area contributed by atoms with E-state index in [1.54, 1.807) is 23.4 Å². The Hall–Kier alpha value is -1.86. The van der Waals surface area contributed by atoms with Gasteiger partial charge in [0.05, 0.1) is 17.7 Å². The molecule has 108 valence electrons. The molecule has 0 aliphatic carbocycles. The zero-order valence-corrected chi connectivity index (χ0v) is 12.4. The number of nitrogens with zero attached hydrogens (tertiary/aromatic N) is 2. The van der Waals surface area contributed by atoms with E-state index in [1.807, 2.05) is 14.0 Å². The van der Waals surface area contributed by atoms with Gasteiger partial charge in [-0.25, -0.2) is 0 Å². The SMILES string of the molecule is CCCC(C)N(C)C(=O)c1ccncc1C#CCCO. The van der Waals surface area contributed by atoms with Crippen LogP contribution in [0.1, 0.15) is 49.0 Å². The third-order valence-electron chi connectivity index (χ3n) is 3.20. The number of hydrogen-bond acceptors (Lipinski definition) is 3. The van der Waals surface area contributed by atoms with E-state index in [-0.39, 0.29) is 18.6 Å². The molecule has 1 aromatic heterocycles. The lowest BCUT2D eigenvalue weighted by Crippen LogP contribution is -2.35. The van der Waals surface area contributed by atoms with Crippen LogP contribution in [0.2, 0.25) is 0 Å². The Morgan fingerprint density at radius 1 is 1.55 bits per heavy atom. The second-order valence-corrected chi connectivity index (χ2v) is 4.75. The first-order chi connectivity index (χ1) is 9.61. The lowest BCUT2D eigenvalue weighted by molar-refractivity contribution is 0.0736. The van der Waals surface area contributed by atoms with Crippen molar-refractivity contribution in [2.75, 3.05) is 13.7 Å². The van der Waals surface area contributed by atoms with E-state index in [9.17, 15) is 4.79 Å². The van der Waals surface area contributed by atoms with Crippen LogP contribution < -0.4 is 0 Å². The first-order valence-corrected chi connectivity index (χ1v) is 6.92. The van der Waals surface area contributed by atoms with Crippen molar-refractivity contribution < 1.29 is 9.90 Å². The van der Waals surface area contributed by atoms with E-state index in [0.29, 0.717) is 17.5 Å². The molecular weight excluding hydrogens is 252 g/mol. The molecule has 1 amide bonds. The second-order valence-electron chi connectivity index (χ2n) is 4.75. The normalized spacial score (nSPS) is 11.4. The quantitative estimate of drug-likeness (QED) is 0.836. The van der Waals surface area contributed by atoms with Crippen molar-refractivity contribution in [2.45, 2.75) is 39.2 Å². The standard InChI is InChI=1S/C16H22N2O2/c1-4-7-13(2)18(3)16(20)15-9-10-17-12-14(15)8-5-6-11-19/h9-10,12-13,19H,4,6-7,11H2,1-3H3. The molecular formula is C16H22N2O2. The summed E-state index contributed by atoms with van der Waals surface area (Å²) in [5, 5.41) is 8.75. The van der Waals surface area contributed by atoms with Gasteiger partial charge >= 0.3 is 0 Å². The Balaban J connectivity index is 2.96. The first-order valence-electron chi connectivity index (χ1n) is 6.92. The summed E-state index contributed by atoms with van der Waals surface area (Å²) in [7, 11) is 1.81. The smallest absolute Gasteiger partial charge is 0.255 e. The highest BCUT2D eigenvalue weighted by Crippen LogP contribution is 2.13. The molecule has 1 rings (SSSR count). The largest absolute Gasteiger partial charge is 0.395 e. The van der Waals surface area contributed by atoms with Crippen LogP contribution in [0, 0.1) is 11.8 Å². The number of amides is 1. The van der Waals surface area contributed by atoms with Crippen LogP contribution in [0.5, 0.6) is 0 Å². The topological polar surface area (TPSA) is 53.4 Å². The maximum atomic E-state index is 12.5. The van der Waals surface area contributed by atoms with Crippen LogP contribution in [-0.2, 0) is 0 Å². The highest BCUT2D eigenvalue weighted by atomic mass is 16.2.